The molecule has 0 unspecified atom stereocenters. The van der Waals surface area contributed by atoms with E-state index in [0.29, 0.717) is 11.3 Å². The van der Waals surface area contributed by atoms with E-state index >= 15 is 0 Å². The summed E-state index contributed by atoms with van der Waals surface area (Å²) >= 11 is 0. The lowest BCUT2D eigenvalue weighted by molar-refractivity contribution is -0.384. The molecule has 21 heavy (non-hydrogen) atoms. The van der Waals surface area contributed by atoms with Crippen LogP contribution in [0.4, 0.5) is 15.8 Å². The Hall–Kier alpha value is -2.63. The van der Waals surface area contributed by atoms with Gasteiger partial charge in [-0.2, -0.15) is 0 Å². The van der Waals surface area contributed by atoms with Gasteiger partial charge in [-0.05, 0) is 42.3 Å². The highest BCUT2D eigenvalue weighted by atomic mass is 19.1. The predicted octanol–water partition coefficient (Wildman–Crippen LogP) is 3.66. The predicted molar refractivity (Wildman–Crippen MR) is 78.1 cm³/mol. The Labute approximate surface area is 121 Å². The standard InChI is InChI=1S/C15H15FN2O3/c1-10-3-5-12(16)15(7-10)21-9-11-4-6-14(18(19)20)13(8-11)17-2/h3-8,17H,9H2,1-2H3. The number of halogens is 1. The molecule has 0 radical (unpaired) electrons. The van der Waals surface area contributed by atoms with Crippen molar-refractivity contribution in [2.75, 3.05) is 12.4 Å². The summed E-state index contributed by atoms with van der Waals surface area (Å²) in [6.45, 7) is 1.98. The van der Waals surface area contributed by atoms with Crippen molar-refractivity contribution in [3.05, 3.63) is 63.5 Å². The highest BCUT2D eigenvalue weighted by molar-refractivity contribution is 5.62. The minimum Gasteiger partial charge on any atom is -0.486 e. The van der Waals surface area contributed by atoms with E-state index in [2.05, 4.69) is 5.32 Å². The van der Waals surface area contributed by atoms with Gasteiger partial charge in [0.05, 0.1) is 4.92 Å². The number of anilines is 1. The first-order valence-corrected chi connectivity index (χ1v) is 6.35. The van der Waals surface area contributed by atoms with Crippen molar-refractivity contribution in [1.29, 1.82) is 0 Å². The second-order valence-corrected chi connectivity index (χ2v) is 4.58. The van der Waals surface area contributed by atoms with Gasteiger partial charge in [-0.3, -0.25) is 10.1 Å². The Morgan fingerprint density at radius 2 is 2.05 bits per heavy atom. The fourth-order valence-corrected chi connectivity index (χ4v) is 1.91. The summed E-state index contributed by atoms with van der Waals surface area (Å²) in [4.78, 5) is 10.4. The van der Waals surface area contributed by atoms with Crippen molar-refractivity contribution in [3.63, 3.8) is 0 Å². The highest BCUT2D eigenvalue weighted by Crippen LogP contribution is 2.26. The van der Waals surface area contributed by atoms with Gasteiger partial charge in [-0.15, -0.1) is 0 Å². The van der Waals surface area contributed by atoms with Crippen LogP contribution in [0.25, 0.3) is 0 Å². The van der Waals surface area contributed by atoms with Crippen molar-refractivity contribution in [2.24, 2.45) is 0 Å². The van der Waals surface area contributed by atoms with E-state index in [0.717, 1.165) is 5.56 Å². The third-order valence-electron chi connectivity index (χ3n) is 3.01. The first-order chi connectivity index (χ1) is 10.0. The maximum atomic E-state index is 13.6. The Balaban J connectivity index is 2.17. The van der Waals surface area contributed by atoms with Gasteiger partial charge in [-0.25, -0.2) is 4.39 Å². The Morgan fingerprint density at radius 1 is 1.29 bits per heavy atom. The minimum absolute atomic E-state index is 0.0111. The second-order valence-electron chi connectivity index (χ2n) is 4.58. The molecule has 0 fully saturated rings. The van der Waals surface area contributed by atoms with Crippen LogP contribution in [0.2, 0.25) is 0 Å². The lowest BCUT2D eigenvalue weighted by atomic mass is 10.2. The molecule has 0 atom stereocenters. The molecule has 0 spiro atoms. The number of benzene rings is 2. The molecule has 2 aromatic rings. The van der Waals surface area contributed by atoms with Gasteiger partial charge >= 0.3 is 0 Å². The monoisotopic (exact) mass is 290 g/mol. The minimum atomic E-state index is -0.462. The number of hydrogen-bond acceptors (Lipinski definition) is 4. The fourth-order valence-electron chi connectivity index (χ4n) is 1.91. The van der Waals surface area contributed by atoms with E-state index in [4.69, 9.17) is 4.74 Å². The molecule has 0 heterocycles. The van der Waals surface area contributed by atoms with Crippen LogP contribution < -0.4 is 10.1 Å². The van der Waals surface area contributed by atoms with Crippen LogP contribution in [0.15, 0.2) is 36.4 Å². The molecule has 0 amide bonds. The summed E-state index contributed by atoms with van der Waals surface area (Å²) < 4.78 is 19.0. The number of hydrogen-bond donors (Lipinski definition) is 1. The van der Waals surface area contributed by atoms with Gasteiger partial charge in [0.15, 0.2) is 11.6 Å². The normalized spacial score (nSPS) is 10.2. The smallest absolute Gasteiger partial charge is 0.292 e. The van der Waals surface area contributed by atoms with E-state index in [9.17, 15) is 14.5 Å². The number of aryl methyl sites for hydroxylation is 1. The number of nitrogens with one attached hydrogen (secondary N) is 1. The number of nitro groups is 1. The number of ether oxygens (including phenoxy) is 1. The molecular weight excluding hydrogens is 275 g/mol. The molecule has 0 saturated carbocycles. The van der Waals surface area contributed by atoms with Crippen LogP contribution in [-0.2, 0) is 6.61 Å². The quantitative estimate of drug-likeness (QED) is 0.674. The molecule has 2 rings (SSSR count). The first kappa shape index (κ1) is 14.8. The van der Waals surface area contributed by atoms with Crippen molar-refractivity contribution < 1.29 is 14.1 Å². The zero-order chi connectivity index (χ0) is 15.4. The van der Waals surface area contributed by atoms with Crippen molar-refractivity contribution in [2.45, 2.75) is 13.5 Å². The van der Waals surface area contributed by atoms with Crippen LogP contribution in [0.5, 0.6) is 5.75 Å². The average molecular weight is 290 g/mol. The molecule has 1 N–H and O–H groups in total. The molecule has 0 aliphatic rings. The summed E-state index contributed by atoms with van der Waals surface area (Å²) in [7, 11) is 1.60. The van der Waals surface area contributed by atoms with Gasteiger partial charge in [0, 0.05) is 13.1 Å². The maximum Gasteiger partial charge on any atom is 0.292 e. The molecule has 5 nitrogen and oxygen atoms in total. The molecular formula is C15H15FN2O3. The second kappa shape index (κ2) is 6.21. The van der Waals surface area contributed by atoms with Crippen LogP contribution in [0.1, 0.15) is 11.1 Å². The first-order valence-electron chi connectivity index (χ1n) is 6.35. The van der Waals surface area contributed by atoms with Crippen molar-refractivity contribution in [3.8, 4) is 5.75 Å². The SMILES string of the molecule is CNc1cc(COc2cc(C)ccc2F)ccc1[N+](=O)[O-]. The third kappa shape index (κ3) is 3.47. The molecule has 110 valence electrons. The van der Waals surface area contributed by atoms with Gasteiger partial charge in [0.25, 0.3) is 5.69 Å². The van der Waals surface area contributed by atoms with Crippen LogP contribution >= 0.6 is 0 Å². The van der Waals surface area contributed by atoms with Crippen molar-refractivity contribution in [1.82, 2.24) is 0 Å². The van der Waals surface area contributed by atoms with Crippen molar-refractivity contribution >= 4 is 11.4 Å². The summed E-state index contributed by atoms with van der Waals surface area (Å²) in [6.07, 6.45) is 0. The summed E-state index contributed by atoms with van der Waals surface area (Å²) in [5, 5.41) is 13.6. The molecule has 0 aliphatic heterocycles. The molecule has 0 bridgehead atoms. The number of rotatable bonds is 5. The summed E-state index contributed by atoms with van der Waals surface area (Å²) in [5.74, 6) is -0.268. The van der Waals surface area contributed by atoms with Crippen LogP contribution in [0.3, 0.4) is 0 Å². The highest BCUT2D eigenvalue weighted by Gasteiger charge is 2.13. The lowest BCUT2D eigenvalue weighted by Crippen LogP contribution is -2.01. The Morgan fingerprint density at radius 3 is 2.71 bits per heavy atom. The molecule has 0 aromatic heterocycles. The fraction of sp³-hybridized carbons (Fsp3) is 0.200. The van der Waals surface area contributed by atoms with Gasteiger partial charge in [0.1, 0.15) is 12.3 Å². The van der Waals surface area contributed by atoms with Gasteiger partial charge in [0.2, 0.25) is 0 Å². The largest absolute Gasteiger partial charge is 0.486 e. The number of nitrogens with zero attached hydrogens (tertiary/aromatic N) is 1. The molecule has 0 saturated heterocycles. The van der Waals surface area contributed by atoms with Crippen LogP contribution in [-0.4, -0.2) is 12.0 Å². The molecule has 2 aromatic carbocycles. The van der Waals surface area contributed by atoms with Gasteiger partial charge < -0.3 is 10.1 Å². The van der Waals surface area contributed by atoms with Crippen LogP contribution in [0, 0.1) is 22.9 Å². The van der Waals surface area contributed by atoms with E-state index in [-0.39, 0.29) is 18.0 Å². The molecule has 0 aliphatic carbocycles. The lowest BCUT2D eigenvalue weighted by Gasteiger charge is -2.09. The maximum absolute atomic E-state index is 13.6. The Kier molecular flexibility index (Phi) is 4.37. The van der Waals surface area contributed by atoms with E-state index in [1.807, 2.05) is 6.92 Å². The zero-order valence-corrected chi connectivity index (χ0v) is 11.7. The van der Waals surface area contributed by atoms with E-state index < -0.39 is 10.7 Å². The van der Waals surface area contributed by atoms with E-state index in [1.54, 1.807) is 31.3 Å². The Bertz CT molecular complexity index is 674. The average Bonchev–Trinajstić information content (AvgIpc) is 2.47. The van der Waals surface area contributed by atoms with E-state index in [1.165, 1.54) is 12.1 Å². The summed E-state index contributed by atoms with van der Waals surface area (Å²) in [6, 6.07) is 9.22. The topological polar surface area (TPSA) is 64.4 Å². The number of nitro benzene ring substituents is 1. The molecule has 6 heteroatoms. The van der Waals surface area contributed by atoms with Gasteiger partial charge in [-0.1, -0.05) is 6.07 Å². The zero-order valence-electron chi connectivity index (χ0n) is 11.7. The summed E-state index contributed by atoms with van der Waals surface area (Å²) in [5.41, 5.74) is 1.99. The third-order valence-corrected chi connectivity index (χ3v) is 3.01.